The lowest BCUT2D eigenvalue weighted by atomic mass is 10.0. The van der Waals surface area contributed by atoms with Gasteiger partial charge in [-0.3, -0.25) is 4.18 Å². The van der Waals surface area contributed by atoms with Crippen molar-refractivity contribution in [3.8, 4) is 5.75 Å². The largest absolute Gasteiger partial charge is 0.463 e. The Kier molecular flexibility index (Phi) is 9.54. The van der Waals surface area contributed by atoms with Crippen LogP contribution in [0.1, 0.15) is 36.5 Å². The van der Waals surface area contributed by atoms with Crippen molar-refractivity contribution in [2.45, 2.75) is 44.3 Å². The van der Waals surface area contributed by atoms with Crippen molar-refractivity contribution in [1.29, 1.82) is 0 Å². The lowest BCUT2D eigenvalue weighted by Gasteiger charge is -2.25. The first-order valence-corrected chi connectivity index (χ1v) is 13.0. The molecule has 0 aliphatic carbocycles. The van der Waals surface area contributed by atoms with Crippen LogP contribution in [0.3, 0.4) is 0 Å². The van der Waals surface area contributed by atoms with Crippen LogP contribution in [0, 0.1) is 0 Å². The normalized spacial score (nSPS) is 18.0. The maximum absolute atomic E-state index is 12.3. The Morgan fingerprint density at radius 2 is 2.00 bits per heavy atom. The van der Waals surface area contributed by atoms with Crippen LogP contribution in [0.2, 0.25) is 5.02 Å². The summed E-state index contributed by atoms with van der Waals surface area (Å²) < 4.78 is 44.3. The van der Waals surface area contributed by atoms with E-state index in [0.717, 1.165) is 31.1 Å². The molecule has 3 atom stereocenters. The van der Waals surface area contributed by atoms with Gasteiger partial charge in [0, 0.05) is 6.42 Å². The quantitative estimate of drug-likeness (QED) is 0.463. The standard InChI is InChI=1S/C23H28ClNO8S/c1-34(28,29)32-15-19(25-23(27)31-14-16-7-3-2-4-8-16)22(26)17-10-11-20(18(24)13-17)33-21-9-5-6-12-30-21/h2-4,7-8,10-11,13,19,21-22,26H,5-6,9,12,14-15H2,1H3,(H,25,27)/t19-,21?,22?/m1/s1. The van der Waals surface area contributed by atoms with Crippen LogP contribution in [0.4, 0.5) is 4.79 Å². The summed E-state index contributed by atoms with van der Waals surface area (Å²) in [6.45, 7) is 0.114. The molecule has 0 saturated carbocycles. The first-order valence-electron chi connectivity index (χ1n) is 10.8. The first kappa shape index (κ1) is 26.2. The molecule has 1 saturated heterocycles. The third-order valence-electron chi connectivity index (χ3n) is 5.05. The minimum atomic E-state index is -3.82. The second-order valence-electron chi connectivity index (χ2n) is 7.85. The van der Waals surface area contributed by atoms with Gasteiger partial charge in [0.1, 0.15) is 18.5 Å². The molecule has 1 aliphatic rings. The number of aliphatic hydroxyl groups excluding tert-OH is 1. The number of halogens is 1. The highest BCUT2D eigenvalue weighted by Gasteiger charge is 2.27. The zero-order valence-corrected chi connectivity index (χ0v) is 20.3. The third-order valence-corrected chi connectivity index (χ3v) is 5.91. The minimum Gasteiger partial charge on any atom is -0.463 e. The highest BCUT2D eigenvalue weighted by atomic mass is 35.5. The van der Waals surface area contributed by atoms with E-state index in [4.69, 9.17) is 30.0 Å². The molecular formula is C23H28ClNO8S. The van der Waals surface area contributed by atoms with Gasteiger partial charge in [-0.25, -0.2) is 4.79 Å². The van der Waals surface area contributed by atoms with E-state index in [-0.39, 0.29) is 17.9 Å². The van der Waals surface area contributed by atoms with Gasteiger partial charge in [0.25, 0.3) is 10.1 Å². The maximum atomic E-state index is 12.3. The van der Waals surface area contributed by atoms with Crippen molar-refractivity contribution >= 4 is 27.8 Å². The van der Waals surface area contributed by atoms with E-state index in [1.807, 2.05) is 6.07 Å². The number of amides is 1. The molecule has 9 nitrogen and oxygen atoms in total. The molecule has 1 amide bonds. The number of rotatable bonds is 10. The molecule has 0 radical (unpaired) electrons. The van der Waals surface area contributed by atoms with Gasteiger partial charge < -0.3 is 24.6 Å². The van der Waals surface area contributed by atoms with E-state index in [2.05, 4.69) is 5.32 Å². The number of hydrogen-bond donors (Lipinski definition) is 2. The number of carbonyl (C=O) groups excluding carboxylic acids is 1. The molecule has 0 bridgehead atoms. The second kappa shape index (κ2) is 12.4. The molecule has 2 aromatic carbocycles. The Morgan fingerprint density at radius 3 is 2.65 bits per heavy atom. The van der Waals surface area contributed by atoms with Gasteiger partial charge >= 0.3 is 6.09 Å². The van der Waals surface area contributed by atoms with Crippen molar-refractivity contribution in [1.82, 2.24) is 5.32 Å². The zero-order chi connectivity index (χ0) is 24.6. The van der Waals surface area contributed by atoms with Gasteiger partial charge in [-0.2, -0.15) is 8.42 Å². The highest BCUT2D eigenvalue weighted by Crippen LogP contribution is 2.31. The van der Waals surface area contributed by atoms with Crippen LogP contribution in [0.5, 0.6) is 5.75 Å². The summed E-state index contributed by atoms with van der Waals surface area (Å²) in [5.74, 6) is 0.392. The molecule has 186 valence electrons. The zero-order valence-electron chi connectivity index (χ0n) is 18.7. The van der Waals surface area contributed by atoms with E-state index >= 15 is 0 Å². The molecule has 34 heavy (non-hydrogen) atoms. The minimum absolute atomic E-state index is 0.00350. The summed E-state index contributed by atoms with van der Waals surface area (Å²) in [6.07, 6.45) is 1.03. The van der Waals surface area contributed by atoms with Gasteiger partial charge in [-0.1, -0.05) is 48.0 Å². The van der Waals surface area contributed by atoms with Crippen molar-refractivity contribution in [3.63, 3.8) is 0 Å². The molecule has 2 unspecified atom stereocenters. The molecule has 2 N–H and O–H groups in total. The van der Waals surface area contributed by atoms with Gasteiger partial charge in [-0.15, -0.1) is 0 Å². The van der Waals surface area contributed by atoms with Crippen molar-refractivity contribution in [2.24, 2.45) is 0 Å². The van der Waals surface area contributed by atoms with Gasteiger partial charge in [0.05, 0.1) is 30.5 Å². The number of ether oxygens (including phenoxy) is 3. The first-order chi connectivity index (χ1) is 16.2. The molecular weight excluding hydrogens is 486 g/mol. The molecule has 1 aliphatic heterocycles. The van der Waals surface area contributed by atoms with Crippen molar-refractivity contribution in [2.75, 3.05) is 19.5 Å². The monoisotopic (exact) mass is 513 g/mol. The summed E-state index contributed by atoms with van der Waals surface area (Å²) in [4.78, 5) is 12.3. The number of hydrogen-bond acceptors (Lipinski definition) is 8. The van der Waals surface area contributed by atoms with Crippen LogP contribution in [0.15, 0.2) is 48.5 Å². The summed E-state index contributed by atoms with van der Waals surface area (Å²) in [6, 6.07) is 12.5. The molecule has 0 spiro atoms. The Morgan fingerprint density at radius 1 is 1.24 bits per heavy atom. The lowest BCUT2D eigenvalue weighted by molar-refractivity contribution is -0.105. The van der Waals surface area contributed by atoms with Crippen molar-refractivity contribution in [3.05, 3.63) is 64.7 Å². The van der Waals surface area contributed by atoms with Gasteiger partial charge in [0.15, 0.2) is 6.29 Å². The fourth-order valence-corrected chi connectivity index (χ4v) is 3.93. The average molecular weight is 514 g/mol. The van der Waals surface area contributed by atoms with E-state index in [9.17, 15) is 18.3 Å². The Balaban J connectivity index is 1.67. The number of carbonyl (C=O) groups is 1. The third kappa shape index (κ3) is 8.44. The van der Waals surface area contributed by atoms with Gasteiger partial charge in [0.2, 0.25) is 0 Å². The van der Waals surface area contributed by atoms with Crippen LogP contribution in [0.25, 0.3) is 0 Å². The fraction of sp³-hybridized carbons (Fsp3) is 0.435. The van der Waals surface area contributed by atoms with Crippen LogP contribution < -0.4 is 10.1 Å². The average Bonchev–Trinajstić information content (AvgIpc) is 2.82. The topological polar surface area (TPSA) is 120 Å². The van der Waals surface area contributed by atoms with E-state index in [1.165, 1.54) is 6.07 Å². The summed E-state index contributed by atoms with van der Waals surface area (Å²) in [5, 5.41) is 13.6. The summed E-state index contributed by atoms with van der Waals surface area (Å²) >= 11 is 6.34. The van der Waals surface area contributed by atoms with Crippen LogP contribution >= 0.6 is 11.6 Å². The number of alkyl carbamates (subject to hydrolysis) is 1. The molecule has 11 heteroatoms. The number of aliphatic hydroxyl groups is 1. The maximum Gasteiger partial charge on any atom is 0.407 e. The van der Waals surface area contributed by atoms with E-state index < -0.39 is 35.0 Å². The summed E-state index contributed by atoms with van der Waals surface area (Å²) in [7, 11) is -3.82. The highest BCUT2D eigenvalue weighted by molar-refractivity contribution is 7.85. The predicted octanol–water partition coefficient (Wildman–Crippen LogP) is 3.55. The van der Waals surface area contributed by atoms with Crippen molar-refractivity contribution < 1.29 is 36.7 Å². The second-order valence-corrected chi connectivity index (χ2v) is 9.90. The Labute approximate surface area is 204 Å². The SMILES string of the molecule is CS(=O)(=O)OC[C@@H](NC(=O)OCc1ccccc1)C(O)c1ccc(OC2CCCCO2)c(Cl)c1. The molecule has 3 rings (SSSR count). The smallest absolute Gasteiger partial charge is 0.407 e. The fourth-order valence-electron chi connectivity index (χ4n) is 3.30. The molecule has 2 aromatic rings. The number of nitrogens with one attached hydrogen (secondary N) is 1. The number of benzene rings is 2. The van der Waals surface area contributed by atoms with Crippen LogP contribution in [-0.2, 0) is 30.4 Å². The van der Waals surface area contributed by atoms with Crippen LogP contribution in [-0.4, -0.2) is 51.4 Å². The molecule has 1 heterocycles. The molecule has 1 fully saturated rings. The summed E-state index contributed by atoms with van der Waals surface area (Å²) in [5.41, 5.74) is 1.10. The van der Waals surface area contributed by atoms with E-state index in [1.54, 1.807) is 36.4 Å². The Hall–Kier alpha value is -2.37. The predicted molar refractivity (Wildman–Crippen MR) is 125 cm³/mol. The van der Waals surface area contributed by atoms with E-state index in [0.29, 0.717) is 17.9 Å². The molecule has 0 aromatic heterocycles. The Bertz CT molecular complexity index is 1040. The van der Waals surface area contributed by atoms with Gasteiger partial charge in [-0.05, 0) is 36.1 Å². The lowest BCUT2D eigenvalue weighted by Crippen LogP contribution is -2.43.